The second-order valence-corrected chi connectivity index (χ2v) is 10.4. The minimum absolute atomic E-state index is 0.194. The number of halogens is 2. The third-order valence-electron chi connectivity index (χ3n) is 6.05. The highest BCUT2D eigenvalue weighted by Gasteiger charge is 2.37. The summed E-state index contributed by atoms with van der Waals surface area (Å²) in [5.74, 6) is 0.289. The van der Waals surface area contributed by atoms with E-state index in [2.05, 4.69) is 6.58 Å². The molecule has 194 valence electrons. The number of amides is 3. The van der Waals surface area contributed by atoms with Crippen molar-refractivity contribution in [2.75, 3.05) is 26.7 Å². The number of hydrogen-bond acceptors (Lipinski definition) is 6. The third kappa shape index (κ3) is 6.32. The summed E-state index contributed by atoms with van der Waals surface area (Å²) < 4.78 is 11.7. The Morgan fingerprint density at radius 3 is 2.57 bits per heavy atom. The number of carbonyl (C=O) groups excluding carboxylic acids is 3. The van der Waals surface area contributed by atoms with Crippen LogP contribution in [0.1, 0.15) is 29.5 Å². The van der Waals surface area contributed by atoms with E-state index in [1.807, 2.05) is 6.07 Å². The Morgan fingerprint density at radius 1 is 1.14 bits per heavy atom. The molecule has 2 aliphatic rings. The van der Waals surface area contributed by atoms with Crippen LogP contribution in [0.4, 0.5) is 4.79 Å². The number of nitrogens with zero attached hydrogens (tertiary/aromatic N) is 2. The third-order valence-corrected chi connectivity index (χ3v) is 7.54. The van der Waals surface area contributed by atoms with Crippen LogP contribution in [-0.2, 0) is 22.6 Å². The number of allylic oxidation sites excluding steroid dienone is 1. The highest BCUT2D eigenvalue weighted by Crippen LogP contribution is 2.38. The fraction of sp³-hybridized carbons (Fsp3) is 0.296. The first kappa shape index (κ1) is 27.1. The zero-order chi connectivity index (χ0) is 26.5. The average molecular weight is 561 g/mol. The Balaban J connectivity index is 1.56. The molecule has 0 radical (unpaired) electrons. The standard InChI is InChI=1S/C27H26Cl2N2O5S/c1-3-6-18-11-17(12-22(35-2)25(18)36-16-19-7-8-20(28)14-21(19)29)13-23-26(33)31(27(34)37-23)15-24(32)30-9-4-5-10-30/h3,7-8,11-14H,1,4-6,9-10,15-16H2,2H3/b23-13+. The number of rotatable bonds is 9. The summed E-state index contributed by atoms with van der Waals surface area (Å²) >= 11 is 13.1. The molecule has 4 rings (SSSR count). The molecular formula is C27H26Cl2N2O5S. The summed E-state index contributed by atoms with van der Waals surface area (Å²) in [4.78, 5) is 40.9. The van der Waals surface area contributed by atoms with Crippen molar-refractivity contribution >= 4 is 58.1 Å². The zero-order valence-electron chi connectivity index (χ0n) is 20.3. The molecule has 2 aromatic rings. The lowest BCUT2D eigenvalue weighted by atomic mass is 10.0. The van der Waals surface area contributed by atoms with Gasteiger partial charge < -0.3 is 14.4 Å². The summed E-state index contributed by atoms with van der Waals surface area (Å²) in [7, 11) is 1.52. The van der Waals surface area contributed by atoms with Gasteiger partial charge in [-0.3, -0.25) is 19.3 Å². The number of carbonyl (C=O) groups is 3. The lowest BCUT2D eigenvalue weighted by molar-refractivity contribution is -0.135. The van der Waals surface area contributed by atoms with Gasteiger partial charge in [0.05, 0.1) is 12.0 Å². The van der Waals surface area contributed by atoms with Crippen molar-refractivity contribution < 1.29 is 23.9 Å². The number of likely N-dealkylation sites (tertiary alicyclic amines) is 1. The second kappa shape index (κ2) is 12.1. The summed E-state index contributed by atoms with van der Waals surface area (Å²) in [5.41, 5.74) is 2.20. The van der Waals surface area contributed by atoms with Crippen molar-refractivity contribution in [1.29, 1.82) is 0 Å². The van der Waals surface area contributed by atoms with Crippen LogP contribution in [0.2, 0.25) is 10.0 Å². The first-order chi connectivity index (χ1) is 17.8. The van der Waals surface area contributed by atoms with Gasteiger partial charge in [-0.15, -0.1) is 6.58 Å². The summed E-state index contributed by atoms with van der Waals surface area (Å²) in [6.45, 7) is 5.10. The van der Waals surface area contributed by atoms with Gasteiger partial charge in [0, 0.05) is 34.3 Å². The maximum atomic E-state index is 13.0. The number of ether oxygens (including phenoxy) is 2. The molecule has 2 fully saturated rings. The van der Waals surface area contributed by atoms with E-state index in [1.54, 1.807) is 41.3 Å². The Labute approximate surface area is 230 Å². The Kier molecular flexibility index (Phi) is 8.84. The number of hydrogen-bond donors (Lipinski definition) is 0. The summed E-state index contributed by atoms with van der Waals surface area (Å²) in [5, 5.41) is 0.571. The average Bonchev–Trinajstić information content (AvgIpc) is 3.49. The normalized spacial score (nSPS) is 16.6. The van der Waals surface area contributed by atoms with Crippen molar-refractivity contribution in [3.05, 3.63) is 74.6 Å². The first-order valence-corrected chi connectivity index (χ1v) is 13.3. The molecule has 0 atom stereocenters. The van der Waals surface area contributed by atoms with Gasteiger partial charge in [0.1, 0.15) is 13.2 Å². The maximum Gasteiger partial charge on any atom is 0.294 e. The van der Waals surface area contributed by atoms with Gasteiger partial charge in [0.15, 0.2) is 11.5 Å². The number of imide groups is 1. The van der Waals surface area contributed by atoms with Crippen LogP contribution in [0.15, 0.2) is 47.9 Å². The Hall–Kier alpha value is -2.94. The number of benzene rings is 2. The van der Waals surface area contributed by atoms with Crippen LogP contribution in [0.3, 0.4) is 0 Å². The summed E-state index contributed by atoms with van der Waals surface area (Å²) in [6, 6.07) is 8.77. The van der Waals surface area contributed by atoms with Crippen LogP contribution in [0.5, 0.6) is 11.5 Å². The van der Waals surface area contributed by atoms with Crippen LogP contribution >= 0.6 is 35.0 Å². The quantitative estimate of drug-likeness (QED) is 0.278. The zero-order valence-corrected chi connectivity index (χ0v) is 22.6. The van der Waals surface area contributed by atoms with Gasteiger partial charge in [-0.1, -0.05) is 35.3 Å². The molecule has 0 spiro atoms. The molecule has 7 nitrogen and oxygen atoms in total. The molecule has 0 aromatic heterocycles. The smallest absolute Gasteiger partial charge is 0.294 e. The highest BCUT2D eigenvalue weighted by atomic mass is 35.5. The lowest BCUT2D eigenvalue weighted by Crippen LogP contribution is -2.40. The van der Waals surface area contributed by atoms with Gasteiger partial charge in [-0.05, 0) is 66.9 Å². The predicted molar refractivity (Wildman–Crippen MR) is 146 cm³/mol. The lowest BCUT2D eigenvalue weighted by Gasteiger charge is -2.18. The molecule has 10 heteroatoms. The molecule has 37 heavy (non-hydrogen) atoms. The van der Waals surface area contributed by atoms with E-state index < -0.39 is 11.1 Å². The van der Waals surface area contributed by atoms with E-state index in [4.69, 9.17) is 32.7 Å². The largest absolute Gasteiger partial charge is 0.493 e. The van der Waals surface area contributed by atoms with Gasteiger partial charge >= 0.3 is 0 Å². The molecule has 0 bridgehead atoms. The second-order valence-electron chi connectivity index (χ2n) is 8.58. The maximum absolute atomic E-state index is 13.0. The molecule has 0 saturated carbocycles. The van der Waals surface area contributed by atoms with Gasteiger partial charge in [0.25, 0.3) is 11.1 Å². The Bertz CT molecular complexity index is 1270. The van der Waals surface area contributed by atoms with Gasteiger partial charge in [0.2, 0.25) is 5.91 Å². The molecule has 3 amide bonds. The monoisotopic (exact) mass is 560 g/mol. The molecule has 2 heterocycles. The van der Waals surface area contributed by atoms with E-state index in [0.29, 0.717) is 46.6 Å². The molecule has 0 unspecified atom stereocenters. The summed E-state index contributed by atoms with van der Waals surface area (Å²) in [6.07, 6.45) is 5.72. The van der Waals surface area contributed by atoms with E-state index >= 15 is 0 Å². The number of thioether (sulfide) groups is 1. The van der Waals surface area contributed by atoms with Crippen molar-refractivity contribution in [2.45, 2.75) is 25.9 Å². The van der Waals surface area contributed by atoms with Crippen molar-refractivity contribution in [3.63, 3.8) is 0 Å². The molecule has 0 aliphatic carbocycles. The topological polar surface area (TPSA) is 76.2 Å². The van der Waals surface area contributed by atoms with E-state index in [0.717, 1.165) is 40.6 Å². The minimum atomic E-state index is -0.482. The van der Waals surface area contributed by atoms with Crippen LogP contribution in [0, 0.1) is 0 Å². The van der Waals surface area contributed by atoms with Crippen LogP contribution in [0.25, 0.3) is 6.08 Å². The van der Waals surface area contributed by atoms with Crippen LogP contribution in [-0.4, -0.2) is 53.6 Å². The molecular weight excluding hydrogens is 535 g/mol. The minimum Gasteiger partial charge on any atom is -0.493 e. The number of methoxy groups -OCH3 is 1. The molecule has 2 aromatic carbocycles. The molecule has 0 N–H and O–H groups in total. The molecule has 2 aliphatic heterocycles. The van der Waals surface area contributed by atoms with Crippen LogP contribution < -0.4 is 9.47 Å². The van der Waals surface area contributed by atoms with E-state index in [1.165, 1.54) is 7.11 Å². The van der Waals surface area contributed by atoms with Crippen molar-refractivity contribution in [2.24, 2.45) is 0 Å². The Morgan fingerprint density at radius 2 is 1.89 bits per heavy atom. The first-order valence-electron chi connectivity index (χ1n) is 11.7. The van der Waals surface area contributed by atoms with Crippen molar-refractivity contribution in [3.8, 4) is 11.5 Å². The van der Waals surface area contributed by atoms with E-state index in [-0.39, 0.29) is 24.0 Å². The van der Waals surface area contributed by atoms with E-state index in [9.17, 15) is 14.4 Å². The molecule has 2 saturated heterocycles. The SMILES string of the molecule is C=CCc1cc(/C=C2/SC(=O)N(CC(=O)N3CCCC3)C2=O)cc(OC)c1OCc1ccc(Cl)cc1Cl. The van der Waals surface area contributed by atoms with Crippen molar-refractivity contribution in [1.82, 2.24) is 9.80 Å². The van der Waals surface area contributed by atoms with Gasteiger partial charge in [-0.2, -0.15) is 0 Å². The van der Waals surface area contributed by atoms with Gasteiger partial charge in [-0.25, -0.2) is 0 Å². The fourth-order valence-corrected chi connectivity index (χ4v) is 5.47. The predicted octanol–water partition coefficient (Wildman–Crippen LogP) is 5.97. The highest BCUT2D eigenvalue weighted by molar-refractivity contribution is 8.18. The fourth-order valence-electron chi connectivity index (χ4n) is 4.17.